The number of carboxylic acid groups (broad SMARTS) is 1. The van der Waals surface area contributed by atoms with E-state index in [0.29, 0.717) is 33.9 Å². The molecule has 0 aliphatic carbocycles. The average Bonchev–Trinajstić information content (AvgIpc) is 2.60. The Morgan fingerprint density at radius 1 is 1.08 bits per heavy atom. The van der Waals surface area contributed by atoms with Gasteiger partial charge in [-0.1, -0.05) is 0 Å². The number of rotatable bonds is 5. The van der Waals surface area contributed by atoms with Crippen molar-refractivity contribution in [3.05, 3.63) is 42.2 Å². The van der Waals surface area contributed by atoms with Crippen LogP contribution in [0.15, 0.2) is 36.7 Å². The van der Waals surface area contributed by atoms with Gasteiger partial charge >= 0.3 is 5.97 Å². The standard InChI is InChI=1S/C17H15N3O5/c1-24-14-6-11-12(7-15(14)25-2)18-8-19-16(11)20-9-3-4-10(17(22)23)13(21)5-9/h3-8,21H,1-2H3,(H,22,23)(H,18,19,20). The molecule has 0 unspecified atom stereocenters. The number of fused-ring (bicyclic) bond motifs is 1. The molecule has 0 saturated carbocycles. The van der Waals surface area contributed by atoms with Gasteiger partial charge in [-0.05, 0) is 18.2 Å². The van der Waals surface area contributed by atoms with Gasteiger partial charge in [-0.2, -0.15) is 0 Å². The third-order valence-electron chi connectivity index (χ3n) is 3.63. The number of nitrogens with zero attached hydrogens (tertiary/aromatic N) is 2. The normalized spacial score (nSPS) is 10.5. The molecule has 0 atom stereocenters. The lowest BCUT2D eigenvalue weighted by Crippen LogP contribution is -2.00. The summed E-state index contributed by atoms with van der Waals surface area (Å²) in [4.78, 5) is 19.4. The van der Waals surface area contributed by atoms with E-state index in [1.807, 2.05) is 0 Å². The van der Waals surface area contributed by atoms with Crippen molar-refractivity contribution in [2.45, 2.75) is 0 Å². The molecular formula is C17H15N3O5. The lowest BCUT2D eigenvalue weighted by atomic mass is 10.1. The summed E-state index contributed by atoms with van der Waals surface area (Å²) in [6.45, 7) is 0. The Kier molecular flexibility index (Phi) is 4.25. The van der Waals surface area contributed by atoms with Gasteiger partial charge in [-0.3, -0.25) is 0 Å². The highest BCUT2D eigenvalue weighted by Gasteiger charge is 2.13. The Hall–Kier alpha value is -3.55. The molecule has 8 nitrogen and oxygen atoms in total. The summed E-state index contributed by atoms with van der Waals surface area (Å²) >= 11 is 0. The fraction of sp³-hybridized carbons (Fsp3) is 0.118. The second-order valence-corrected chi connectivity index (χ2v) is 5.11. The molecule has 25 heavy (non-hydrogen) atoms. The molecule has 0 spiro atoms. The Morgan fingerprint density at radius 2 is 1.80 bits per heavy atom. The molecule has 0 fully saturated rings. The third-order valence-corrected chi connectivity index (χ3v) is 3.63. The Labute approximate surface area is 142 Å². The maximum atomic E-state index is 11.0. The predicted octanol–water partition coefficient (Wildman–Crippen LogP) is 2.79. The van der Waals surface area contributed by atoms with Crippen LogP contribution >= 0.6 is 0 Å². The summed E-state index contributed by atoms with van der Waals surface area (Å²) in [7, 11) is 3.07. The van der Waals surface area contributed by atoms with Crippen LogP contribution in [-0.4, -0.2) is 40.4 Å². The zero-order chi connectivity index (χ0) is 18.0. The highest BCUT2D eigenvalue weighted by Crippen LogP contribution is 2.34. The largest absolute Gasteiger partial charge is 0.507 e. The molecule has 3 rings (SSSR count). The number of carboxylic acids is 1. The molecule has 0 saturated heterocycles. The predicted molar refractivity (Wildman–Crippen MR) is 91.0 cm³/mol. The van der Waals surface area contributed by atoms with Crippen molar-refractivity contribution in [1.82, 2.24) is 9.97 Å². The van der Waals surface area contributed by atoms with E-state index in [1.165, 1.54) is 38.7 Å². The van der Waals surface area contributed by atoms with Crippen molar-refractivity contribution in [2.24, 2.45) is 0 Å². The van der Waals surface area contributed by atoms with Crippen LogP contribution in [0.25, 0.3) is 10.9 Å². The summed E-state index contributed by atoms with van der Waals surface area (Å²) in [5, 5.41) is 22.5. The molecular weight excluding hydrogens is 326 g/mol. The minimum Gasteiger partial charge on any atom is -0.507 e. The highest BCUT2D eigenvalue weighted by atomic mass is 16.5. The zero-order valence-electron chi connectivity index (χ0n) is 13.5. The van der Waals surface area contributed by atoms with Gasteiger partial charge in [0, 0.05) is 23.2 Å². The number of phenols is 1. The number of carbonyl (C=O) groups is 1. The third kappa shape index (κ3) is 3.09. The monoisotopic (exact) mass is 341 g/mol. The zero-order valence-corrected chi connectivity index (χ0v) is 13.5. The summed E-state index contributed by atoms with van der Waals surface area (Å²) in [5.74, 6) is 0.0111. The van der Waals surface area contributed by atoms with E-state index in [4.69, 9.17) is 14.6 Å². The highest BCUT2D eigenvalue weighted by molar-refractivity contribution is 5.94. The second-order valence-electron chi connectivity index (χ2n) is 5.11. The Bertz CT molecular complexity index is 958. The molecule has 1 aromatic heterocycles. The van der Waals surface area contributed by atoms with Crippen molar-refractivity contribution in [3.63, 3.8) is 0 Å². The number of nitrogens with one attached hydrogen (secondary N) is 1. The van der Waals surface area contributed by atoms with E-state index in [9.17, 15) is 9.90 Å². The molecule has 8 heteroatoms. The van der Waals surface area contributed by atoms with Crippen LogP contribution in [0, 0.1) is 0 Å². The maximum absolute atomic E-state index is 11.0. The van der Waals surface area contributed by atoms with Crippen LogP contribution in [0.1, 0.15) is 10.4 Å². The number of ether oxygens (including phenoxy) is 2. The number of benzene rings is 2. The maximum Gasteiger partial charge on any atom is 0.339 e. The summed E-state index contributed by atoms with van der Waals surface area (Å²) in [5.41, 5.74) is 0.948. The number of hydrogen-bond donors (Lipinski definition) is 3. The molecule has 2 aromatic carbocycles. The van der Waals surface area contributed by atoms with Gasteiger partial charge in [0.25, 0.3) is 0 Å². The number of methoxy groups -OCH3 is 2. The van der Waals surface area contributed by atoms with E-state index in [-0.39, 0.29) is 11.3 Å². The minimum absolute atomic E-state index is 0.176. The molecule has 0 radical (unpaired) electrons. The van der Waals surface area contributed by atoms with Gasteiger partial charge < -0.3 is 25.0 Å². The lowest BCUT2D eigenvalue weighted by Gasteiger charge is -2.12. The Balaban J connectivity index is 2.04. The molecule has 3 aromatic rings. The number of aromatic hydroxyl groups is 1. The van der Waals surface area contributed by atoms with Gasteiger partial charge in [0.05, 0.1) is 19.7 Å². The van der Waals surface area contributed by atoms with E-state index >= 15 is 0 Å². The van der Waals surface area contributed by atoms with Crippen molar-refractivity contribution in [3.8, 4) is 17.2 Å². The van der Waals surface area contributed by atoms with Gasteiger partial charge in [0.15, 0.2) is 11.5 Å². The fourth-order valence-electron chi connectivity index (χ4n) is 2.41. The first-order valence-electron chi connectivity index (χ1n) is 7.23. The number of aromatic nitrogens is 2. The van der Waals surface area contributed by atoms with Gasteiger partial charge in [-0.25, -0.2) is 14.8 Å². The van der Waals surface area contributed by atoms with Gasteiger partial charge in [0.2, 0.25) is 0 Å². The van der Waals surface area contributed by atoms with Gasteiger partial charge in [-0.15, -0.1) is 0 Å². The topological polar surface area (TPSA) is 114 Å². The molecule has 0 bridgehead atoms. The van der Waals surface area contributed by atoms with Crippen molar-refractivity contribution in [1.29, 1.82) is 0 Å². The number of aromatic carboxylic acids is 1. The first-order chi connectivity index (χ1) is 12.0. The van der Waals surface area contributed by atoms with Crippen molar-refractivity contribution < 1.29 is 24.5 Å². The van der Waals surface area contributed by atoms with Crippen molar-refractivity contribution >= 4 is 28.4 Å². The first-order valence-corrected chi connectivity index (χ1v) is 7.23. The number of hydrogen-bond acceptors (Lipinski definition) is 7. The summed E-state index contributed by atoms with van der Waals surface area (Å²) in [6.07, 6.45) is 1.39. The molecule has 0 aliphatic rings. The summed E-state index contributed by atoms with van der Waals surface area (Å²) in [6, 6.07) is 7.64. The van der Waals surface area contributed by atoms with Crippen LogP contribution in [-0.2, 0) is 0 Å². The SMILES string of the molecule is COc1cc2ncnc(Nc3ccc(C(=O)O)c(O)c3)c2cc1OC. The van der Waals surface area contributed by atoms with Gasteiger partial charge in [0.1, 0.15) is 23.5 Å². The van der Waals surface area contributed by atoms with Crippen LogP contribution in [0.4, 0.5) is 11.5 Å². The molecule has 1 heterocycles. The molecule has 0 amide bonds. The molecule has 0 aliphatic heterocycles. The van der Waals surface area contributed by atoms with Crippen LogP contribution in [0.2, 0.25) is 0 Å². The van der Waals surface area contributed by atoms with E-state index in [0.717, 1.165) is 0 Å². The van der Waals surface area contributed by atoms with Crippen LogP contribution < -0.4 is 14.8 Å². The quantitative estimate of drug-likeness (QED) is 0.649. The smallest absolute Gasteiger partial charge is 0.339 e. The molecule has 3 N–H and O–H groups in total. The van der Waals surface area contributed by atoms with Crippen LogP contribution in [0.3, 0.4) is 0 Å². The second kappa shape index (κ2) is 6.52. The fourth-order valence-corrected chi connectivity index (χ4v) is 2.41. The first kappa shape index (κ1) is 16.3. The summed E-state index contributed by atoms with van der Waals surface area (Å²) < 4.78 is 10.6. The van der Waals surface area contributed by atoms with Crippen LogP contribution in [0.5, 0.6) is 17.2 Å². The molecule has 128 valence electrons. The number of anilines is 2. The minimum atomic E-state index is -1.20. The van der Waals surface area contributed by atoms with Crippen molar-refractivity contribution in [2.75, 3.05) is 19.5 Å². The Morgan fingerprint density at radius 3 is 2.44 bits per heavy atom. The average molecular weight is 341 g/mol. The van der Waals surface area contributed by atoms with E-state index < -0.39 is 5.97 Å². The lowest BCUT2D eigenvalue weighted by molar-refractivity contribution is 0.0694. The van der Waals surface area contributed by atoms with E-state index in [1.54, 1.807) is 12.1 Å². The van der Waals surface area contributed by atoms with E-state index in [2.05, 4.69) is 15.3 Å².